The number of hydrogen-bond acceptors (Lipinski definition) is 2. The number of nitrogens with one attached hydrogen (secondary N) is 1. The summed E-state index contributed by atoms with van der Waals surface area (Å²) in [5.74, 6) is 3.74. The average Bonchev–Trinajstić information content (AvgIpc) is 2.63. The van der Waals surface area contributed by atoms with Crippen LogP contribution in [0.25, 0.3) is 0 Å². The van der Waals surface area contributed by atoms with Gasteiger partial charge < -0.3 is 10.2 Å². The molecule has 0 saturated heterocycles. The van der Waals surface area contributed by atoms with Gasteiger partial charge in [-0.25, -0.2) is 0 Å². The van der Waals surface area contributed by atoms with Crippen LogP contribution < -0.4 is 10.2 Å². The van der Waals surface area contributed by atoms with Crippen LogP contribution in [0.4, 0.5) is 5.69 Å². The predicted octanol–water partition coefficient (Wildman–Crippen LogP) is 3.48. The number of hydrogen-bond donors (Lipinski definition) is 1. The Bertz CT molecular complexity index is 814. The maximum Gasteiger partial charge on any atom is 0.239 e. The summed E-state index contributed by atoms with van der Waals surface area (Å²) in [5.41, 5.74) is 1.05. The van der Waals surface area contributed by atoms with Gasteiger partial charge in [0.05, 0.1) is 5.41 Å². The van der Waals surface area contributed by atoms with E-state index in [2.05, 4.69) is 27.2 Å². The van der Waals surface area contributed by atoms with Crippen molar-refractivity contribution in [1.82, 2.24) is 5.32 Å². The summed E-state index contributed by atoms with van der Waals surface area (Å²) in [6.07, 6.45) is 11.9. The van der Waals surface area contributed by atoms with E-state index in [0.717, 1.165) is 19.3 Å². The molecule has 4 bridgehead atoms. The maximum atomic E-state index is 13.9. The first-order chi connectivity index (χ1) is 12.9. The van der Waals surface area contributed by atoms with Crippen LogP contribution in [0.1, 0.15) is 44.1 Å². The molecule has 1 aromatic rings. The van der Waals surface area contributed by atoms with Crippen LogP contribution in [0.15, 0.2) is 24.3 Å². The third-order valence-electron chi connectivity index (χ3n) is 6.59. The molecular formula is C22H25BrN2O2. The molecule has 27 heavy (non-hydrogen) atoms. The first-order valence-electron chi connectivity index (χ1n) is 9.65. The summed E-state index contributed by atoms with van der Waals surface area (Å²) in [4.78, 5) is 27.7. The minimum absolute atomic E-state index is 0.0235. The van der Waals surface area contributed by atoms with E-state index in [-0.39, 0.29) is 28.1 Å². The molecule has 5 heteroatoms. The lowest BCUT2D eigenvalue weighted by Crippen LogP contribution is -2.59. The highest BCUT2D eigenvalue weighted by atomic mass is 79.9. The molecule has 5 rings (SSSR count). The molecule has 4 aliphatic carbocycles. The Balaban J connectivity index is 1.70. The van der Waals surface area contributed by atoms with Crippen molar-refractivity contribution in [1.29, 1.82) is 0 Å². The number of carbonyl (C=O) groups excluding carboxylic acids is 2. The van der Waals surface area contributed by atoms with Gasteiger partial charge in [-0.3, -0.25) is 9.59 Å². The van der Waals surface area contributed by atoms with E-state index < -0.39 is 0 Å². The van der Waals surface area contributed by atoms with Crippen molar-refractivity contribution in [2.75, 3.05) is 18.5 Å². The third-order valence-corrected chi connectivity index (χ3v) is 7.52. The van der Waals surface area contributed by atoms with Crippen LogP contribution in [0.5, 0.6) is 0 Å². The lowest BCUT2D eigenvalue weighted by Gasteiger charge is -2.60. The van der Waals surface area contributed by atoms with Crippen molar-refractivity contribution in [3.8, 4) is 12.3 Å². The maximum absolute atomic E-state index is 13.9. The number of terminal acetylenes is 1. The highest BCUT2D eigenvalue weighted by molar-refractivity contribution is 9.10. The molecule has 142 valence electrons. The largest absolute Gasteiger partial charge is 0.358 e. The second-order valence-corrected chi connectivity index (χ2v) is 10.3. The molecule has 4 aliphatic rings. The highest BCUT2D eigenvalue weighted by Gasteiger charge is 2.60. The second-order valence-electron chi connectivity index (χ2n) is 8.65. The van der Waals surface area contributed by atoms with Gasteiger partial charge in [0, 0.05) is 22.6 Å². The van der Waals surface area contributed by atoms with Gasteiger partial charge in [-0.15, -0.1) is 6.42 Å². The zero-order valence-electron chi connectivity index (χ0n) is 15.6. The number of rotatable bonds is 4. The Hall–Kier alpha value is -1.80. The van der Waals surface area contributed by atoms with Crippen molar-refractivity contribution < 1.29 is 9.59 Å². The van der Waals surface area contributed by atoms with E-state index in [4.69, 9.17) is 6.42 Å². The van der Waals surface area contributed by atoms with Crippen molar-refractivity contribution in [3.05, 3.63) is 29.8 Å². The molecule has 2 atom stereocenters. The summed E-state index contributed by atoms with van der Waals surface area (Å²) < 4.78 is 0.0894. The fourth-order valence-corrected chi connectivity index (χ4v) is 7.41. The fraction of sp³-hybridized carbons (Fsp3) is 0.545. The third kappa shape index (κ3) is 3.29. The number of carbonyl (C=O) groups is 2. The molecule has 4 saturated carbocycles. The van der Waals surface area contributed by atoms with Gasteiger partial charge in [-0.2, -0.15) is 0 Å². The summed E-state index contributed by atoms with van der Waals surface area (Å²) in [7, 11) is 1.60. The Morgan fingerprint density at radius 1 is 1.30 bits per heavy atom. The number of halogens is 1. The molecule has 0 aromatic heterocycles. The predicted molar refractivity (Wildman–Crippen MR) is 110 cm³/mol. The van der Waals surface area contributed by atoms with Crippen molar-refractivity contribution in [2.45, 2.75) is 42.8 Å². The number of likely N-dealkylation sites (N-methyl/N-ethyl adjacent to an activating group) is 1. The first kappa shape index (κ1) is 18.6. The zero-order chi connectivity index (χ0) is 19.2. The summed E-state index contributed by atoms with van der Waals surface area (Å²) in [6.45, 7) is 0.0235. The number of anilines is 1. The molecular weight excluding hydrogens is 404 g/mol. The van der Waals surface area contributed by atoms with Gasteiger partial charge in [0.2, 0.25) is 11.8 Å². The van der Waals surface area contributed by atoms with E-state index in [0.29, 0.717) is 23.1 Å². The minimum atomic E-state index is -0.367. The lowest BCUT2D eigenvalue weighted by atomic mass is 9.49. The summed E-state index contributed by atoms with van der Waals surface area (Å²) >= 11 is 3.98. The van der Waals surface area contributed by atoms with E-state index >= 15 is 0 Å². The molecule has 4 fully saturated rings. The first-order valence-corrected chi connectivity index (χ1v) is 10.4. The Morgan fingerprint density at radius 3 is 2.59 bits per heavy atom. The second kappa shape index (κ2) is 6.67. The average molecular weight is 429 g/mol. The number of benzene rings is 1. The van der Waals surface area contributed by atoms with Gasteiger partial charge in [-0.05, 0) is 68.6 Å². The molecule has 1 N–H and O–H groups in total. The van der Waals surface area contributed by atoms with Crippen molar-refractivity contribution >= 4 is 33.4 Å². The Labute approximate surface area is 169 Å². The van der Waals surface area contributed by atoms with E-state index in [1.54, 1.807) is 11.9 Å². The molecule has 0 radical (unpaired) electrons. The van der Waals surface area contributed by atoms with Crippen LogP contribution in [0.2, 0.25) is 0 Å². The number of nitrogens with zero attached hydrogens (tertiary/aromatic N) is 1. The highest BCUT2D eigenvalue weighted by Crippen LogP contribution is 2.65. The molecule has 0 unspecified atom stereocenters. The molecule has 0 heterocycles. The topological polar surface area (TPSA) is 49.4 Å². The number of amides is 2. The van der Waals surface area contributed by atoms with Crippen LogP contribution in [0, 0.1) is 29.6 Å². The molecule has 1 aromatic carbocycles. The Kier molecular flexibility index (Phi) is 4.58. The molecule has 0 spiro atoms. The summed E-state index contributed by atoms with van der Waals surface area (Å²) in [5, 5.41) is 2.65. The normalized spacial score (nSPS) is 33.4. The summed E-state index contributed by atoms with van der Waals surface area (Å²) in [6, 6.07) is 7.38. The van der Waals surface area contributed by atoms with Crippen molar-refractivity contribution in [2.24, 2.45) is 17.3 Å². The SMILES string of the molecule is C#Cc1cccc(N(CC(=O)NC)C(=O)C23C[C@H]4C[C@@H](CC(Br)(C4)C2)C3)c1. The van der Waals surface area contributed by atoms with Gasteiger partial charge in [0.25, 0.3) is 0 Å². The smallest absolute Gasteiger partial charge is 0.239 e. The van der Waals surface area contributed by atoms with Gasteiger partial charge in [0.1, 0.15) is 6.54 Å². The van der Waals surface area contributed by atoms with Crippen LogP contribution in [0.3, 0.4) is 0 Å². The molecule has 4 nitrogen and oxygen atoms in total. The van der Waals surface area contributed by atoms with Crippen LogP contribution >= 0.6 is 15.9 Å². The molecule has 0 aliphatic heterocycles. The zero-order valence-corrected chi connectivity index (χ0v) is 17.2. The monoisotopic (exact) mass is 428 g/mol. The lowest BCUT2D eigenvalue weighted by molar-refractivity contribution is -0.142. The van der Waals surface area contributed by atoms with Gasteiger partial charge in [0.15, 0.2) is 0 Å². The standard InChI is InChI=1S/C22H25BrN2O2/c1-3-15-5-4-6-18(8-15)25(13-19(26)24-2)20(27)21-9-16-7-17(10-21)12-22(23,11-16)14-21/h1,4-6,8,16-17H,7,9-14H2,2H3,(H,24,26)/t16-,17-,21?,22?/m1/s1. The Morgan fingerprint density at radius 2 is 2.00 bits per heavy atom. The van der Waals surface area contributed by atoms with Gasteiger partial charge in [-0.1, -0.05) is 27.9 Å². The van der Waals surface area contributed by atoms with E-state index in [1.165, 1.54) is 19.3 Å². The van der Waals surface area contributed by atoms with Crippen LogP contribution in [-0.2, 0) is 9.59 Å². The van der Waals surface area contributed by atoms with E-state index in [9.17, 15) is 9.59 Å². The minimum Gasteiger partial charge on any atom is -0.358 e. The fourth-order valence-electron chi connectivity index (χ4n) is 5.95. The van der Waals surface area contributed by atoms with Crippen molar-refractivity contribution in [3.63, 3.8) is 0 Å². The number of alkyl halides is 1. The molecule has 2 amide bonds. The quantitative estimate of drug-likeness (QED) is 0.589. The van der Waals surface area contributed by atoms with E-state index in [1.807, 2.05) is 24.3 Å². The van der Waals surface area contributed by atoms with Gasteiger partial charge >= 0.3 is 0 Å². The van der Waals surface area contributed by atoms with Crippen LogP contribution in [-0.4, -0.2) is 29.7 Å².